The van der Waals surface area contributed by atoms with E-state index in [1.807, 2.05) is 6.92 Å². The van der Waals surface area contributed by atoms with E-state index in [9.17, 15) is 0 Å². The van der Waals surface area contributed by atoms with Gasteiger partial charge in [-0.05, 0) is 50.9 Å². The molecule has 2 heterocycles. The van der Waals surface area contributed by atoms with Crippen LogP contribution in [0, 0.1) is 0 Å². The number of benzene rings is 1. The summed E-state index contributed by atoms with van der Waals surface area (Å²) in [4.78, 5) is 4.80. The van der Waals surface area contributed by atoms with E-state index < -0.39 is 0 Å². The van der Waals surface area contributed by atoms with Crippen LogP contribution >= 0.6 is 11.3 Å². The smallest absolute Gasteiger partial charge is 0.125 e. The Morgan fingerprint density at radius 2 is 2.19 bits per heavy atom. The Balaban J connectivity index is 1.89. The van der Waals surface area contributed by atoms with E-state index in [0.717, 1.165) is 30.2 Å². The van der Waals surface area contributed by atoms with Crippen LogP contribution in [0.1, 0.15) is 36.9 Å². The third-order valence-corrected chi connectivity index (χ3v) is 5.06. The van der Waals surface area contributed by atoms with Crippen LogP contribution in [-0.4, -0.2) is 18.1 Å². The highest BCUT2D eigenvalue weighted by Crippen LogP contribution is 2.32. The van der Waals surface area contributed by atoms with Crippen LogP contribution in [0.15, 0.2) is 23.6 Å². The first-order chi connectivity index (χ1) is 10.1. The number of nitrogens with zero attached hydrogens (tertiary/aromatic N) is 1. The Morgan fingerprint density at radius 1 is 1.33 bits per heavy atom. The lowest BCUT2D eigenvalue weighted by molar-refractivity contribution is -0.0141. The summed E-state index contributed by atoms with van der Waals surface area (Å²) in [5, 5.41) is 6.59. The number of hydrogen-bond donors (Lipinski definition) is 1. The number of fused-ring (bicyclic) bond motifs is 1. The highest BCUT2D eigenvalue weighted by atomic mass is 32.1. The molecule has 0 unspecified atom stereocenters. The zero-order chi connectivity index (χ0) is 14.9. The van der Waals surface area contributed by atoms with Crippen LogP contribution in [0.3, 0.4) is 0 Å². The lowest BCUT2D eigenvalue weighted by atomic mass is 9.97. The molecule has 2 aromatic rings. The standard InChI is InChI=1S/C17H22N2OS/c1-4-20-17(2,3)16-19-15(11-21-16)13-5-6-14-10-18-8-7-12(14)9-13/h5-6,9,11,18H,4,7-8,10H2,1-3H3. The molecule has 1 aliphatic heterocycles. The summed E-state index contributed by atoms with van der Waals surface area (Å²) >= 11 is 1.68. The average molecular weight is 302 g/mol. The van der Waals surface area contributed by atoms with Crippen LogP contribution in [-0.2, 0) is 23.3 Å². The van der Waals surface area contributed by atoms with Gasteiger partial charge in [-0.3, -0.25) is 0 Å². The molecule has 1 aromatic heterocycles. The van der Waals surface area contributed by atoms with E-state index in [-0.39, 0.29) is 5.60 Å². The van der Waals surface area contributed by atoms with Gasteiger partial charge in [-0.2, -0.15) is 0 Å². The molecule has 0 bridgehead atoms. The molecule has 1 N–H and O–H groups in total. The van der Waals surface area contributed by atoms with E-state index in [0.29, 0.717) is 6.61 Å². The fourth-order valence-electron chi connectivity index (χ4n) is 2.74. The summed E-state index contributed by atoms with van der Waals surface area (Å²) in [6, 6.07) is 6.70. The third-order valence-electron chi connectivity index (χ3n) is 3.91. The third kappa shape index (κ3) is 3.03. The number of hydrogen-bond acceptors (Lipinski definition) is 4. The van der Waals surface area contributed by atoms with Crippen LogP contribution in [0.2, 0.25) is 0 Å². The van der Waals surface area contributed by atoms with Gasteiger partial charge in [0.05, 0.1) is 5.69 Å². The summed E-state index contributed by atoms with van der Waals surface area (Å²) in [6.45, 7) is 8.93. The molecule has 0 radical (unpaired) electrons. The molecule has 4 heteroatoms. The largest absolute Gasteiger partial charge is 0.369 e. The van der Waals surface area contributed by atoms with Crippen molar-refractivity contribution in [2.24, 2.45) is 0 Å². The molecule has 3 nitrogen and oxygen atoms in total. The highest BCUT2D eigenvalue weighted by molar-refractivity contribution is 7.10. The van der Waals surface area contributed by atoms with E-state index >= 15 is 0 Å². The first kappa shape index (κ1) is 14.7. The van der Waals surface area contributed by atoms with Crippen molar-refractivity contribution in [1.82, 2.24) is 10.3 Å². The Kier molecular flexibility index (Phi) is 4.11. The van der Waals surface area contributed by atoms with Crippen molar-refractivity contribution in [1.29, 1.82) is 0 Å². The number of thiazole rings is 1. The van der Waals surface area contributed by atoms with Crippen molar-refractivity contribution < 1.29 is 4.74 Å². The first-order valence-corrected chi connectivity index (χ1v) is 8.41. The molecule has 0 atom stereocenters. The van der Waals surface area contributed by atoms with Gasteiger partial charge in [-0.1, -0.05) is 12.1 Å². The van der Waals surface area contributed by atoms with Crippen molar-refractivity contribution in [2.75, 3.05) is 13.2 Å². The Labute approximate surface area is 130 Å². The number of rotatable bonds is 4. The Hall–Kier alpha value is -1.23. The molecule has 0 saturated heterocycles. The molecule has 3 rings (SSSR count). The van der Waals surface area contributed by atoms with Gasteiger partial charge in [0, 0.05) is 24.1 Å². The fraction of sp³-hybridized carbons (Fsp3) is 0.471. The molecule has 0 amide bonds. The maximum absolute atomic E-state index is 5.79. The predicted molar refractivity (Wildman–Crippen MR) is 87.6 cm³/mol. The predicted octanol–water partition coefficient (Wildman–Crippen LogP) is 3.73. The summed E-state index contributed by atoms with van der Waals surface area (Å²) in [7, 11) is 0. The van der Waals surface area contributed by atoms with Crippen LogP contribution < -0.4 is 5.32 Å². The van der Waals surface area contributed by atoms with Gasteiger partial charge in [0.1, 0.15) is 10.6 Å². The van der Waals surface area contributed by atoms with E-state index in [4.69, 9.17) is 9.72 Å². The zero-order valence-electron chi connectivity index (χ0n) is 12.9. The molecule has 0 aliphatic carbocycles. The summed E-state index contributed by atoms with van der Waals surface area (Å²) in [6.07, 6.45) is 1.10. The molecule has 0 fully saturated rings. The van der Waals surface area contributed by atoms with Crippen LogP contribution in [0.5, 0.6) is 0 Å². The Bertz CT molecular complexity index is 633. The van der Waals surface area contributed by atoms with Gasteiger partial charge >= 0.3 is 0 Å². The highest BCUT2D eigenvalue weighted by Gasteiger charge is 2.24. The van der Waals surface area contributed by atoms with Crippen molar-refractivity contribution in [3.8, 4) is 11.3 Å². The van der Waals surface area contributed by atoms with E-state index in [1.54, 1.807) is 11.3 Å². The first-order valence-electron chi connectivity index (χ1n) is 7.53. The summed E-state index contributed by atoms with van der Waals surface area (Å²) < 4.78 is 5.79. The Morgan fingerprint density at radius 3 is 3.00 bits per heavy atom. The molecular weight excluding hydrogens is 280 g/mol. The zero-order valence-corrected chi connectivity index (χ0v) is 13.7. The van der Waals surface area contributed by atoms with E-state index in [2.05, 4.69) is 42.7 Å². The van der Waals surface area contributed by atoms with Crippen molar-refractivity contribution >= 4 is 11.3 Å². The molecule has 0 spiro atoms. The minimum atomic E-state index is -0.310. The van der Waals surface area contributed by atoms with Crippen LogP contribution in [0.4, 0.5) is 0 Å². The number of ether oxygens (including phenoxy) is 1. The molecule has 1 aliphatic rings. The van der Waals surface area contributed by atoms with Gasteiger partial charge in [0.25, 0.3) is 0 Å². The van der Waals surface area contributed by atoms with Crippen molar-refractivity contribution in [3.05, 3.63) is 39.7 Å². The molecule has 0 saturated carbocycles. The second-order valence-electron chi connectivity index (χ2n) is 5.89. The normalized spacial score (nSPS) is 15.0. The molecule has 112 valence electrons. The van der Waals surface area contributed by atoms with Crippen molar-refractivity contribution in [3.63, 3.8) is 0 Å². The maximum atomic E-state index is 5.79. The SMILES string of the molecule is CCOC(C)(C)c1nc(-c2ccc3c(c2)CCNC3)cs1. The topological polar surface area (TPSA) is 34.1 Å². The number of aromatic nitrogens is 1. The van der Waals surface area contributed by atoms with Gasteiger partial charge < -0.3 is 10.1 Å². The second kappa shape index (κ2) is 5.87. The van der Waals surface area contributed by atoms with Gasteiger partial charge in [0.15, 0.2) is 0 Å². The van der Waals surface area contributed by atoms with Crippen LogP contribution in [0.25, 0.3) is 11.3 Å². The summed E-state index contributed by atoms with van der Waals surface area (Å²) in [5.74, 6) is 0. The lowest BCUT2D eigenvalue weighted by Gasteiger charge is -2.21. The molecule has 21 heavy (non-hydrogen) atoms. The number of nitrogens with one attached hydrogen (secondary N) is 1. The monoisotopic (exact) mass is 302 g/mol. The minimum absolute atomic E-state index is 0.310. The lowest BCUT2D eigenvalue weighted by Crippen LogP contribution is -2.23. The second-order valence-corrected chi connectivity index (χ2v) is 6.75. The average Bonchev–Trinajstić information content (AvgIpc) is 2.97. The quantitative estimate of drug-likeness (QED) is 0.934. The van der Waals surface area contributed by atoms with Gasteiger partial charge in [-0.25, -0.2) is 4.98 Å². The summed E-state index contributed by atoms with van der Waals surface area (Å²) in [5.41, 5.74) is 4.82. The molecule has 1 aromatic carbocycles. The minimum Gasteiger partial charge on any atom is -0.369 e. The van der Waals surface area contributed by atoms with Gasteiger partial charge in [0.2, 0.25) is 0 Å². The van der Waals surface area contributed by atoms with Gasteiger partial charge in [-0.15, -0.1) is 11.3 Å². The van der Waals surface area contributed by atoms with E-state index in [1.165, 1.54) is 16.7 Å². The molecular formula is C17H22N2OS. The maximum Gasteiger partial charge on any atom is 0.125 e. The van der Waals surface area contributed by atoms with Crippen molar-refractivity contribution in [2.45, 2.75) is 39.3 Å². The fourth-order valence-corrected chi connectivity index (χ4v) is 3.65.